The Kier molecular flexibility index (Phi) is 4.93. The number of ether oxygens (including phenoxy) is 1. The second-order valence-electron chi connectivity index (χ2n) is 6.91. The third-order valence-corrected chi connectivity index (χ3v) is 4.88. The van der Waals surface area contributed by atoms with Gasteiger partial charge in [-0.05, 0) is 79.3 Å². The number of hydrogen-bond acceptors (Lipinski definition) is 4. The van der Waals surface area contributed by atoms with E-state index in [-0.39, 0.29) is 11.9 Å². The van der Waals surface area contributed by atoms with E-state index < -0.39 is 0 Å². The Labute approximate surface area is 162 Å². The van der Waals surface area contributed by atoms with Gasteiger partial charge in [0, 0.05) is 29.1 Å². The van der Waals surface area contributed by atoms with Gasteiger partial charge in [0.05, 0.1) is 6.21 Å². The summed E-state index contributed by atoms with van der Waals surface area (Å²) in [6.45, 7) is 1.35. The second-order valence-corrected chi connectivity index (χ2v) is 6.91. The van der Waals surface area contributed by atoms with Crippen LogP contribution in [0.5, 0.6) is 5.75 Å². The zero-order valence-corrected chi connectivity index (χ0v) is 15.6. The molecule has 1 amide bonds. The molecule has 28 heavy (non-hydrogen) atoms. The molecule has 0 unspecified atom stereocenters. The number of aromatic amines is 1. The van der Waals surface area contributed by atoms with Crippen LogP contribution in [0.25, 0.3) is 10.9 Å². The van der Waals surface area contributed by atoms with Crippen molar-refractivity contribution in [2.24, 2.45) is 5.10 Å². The number of hydrazone groups is 1. The minimum absolute atomic E-state index is 0.250. The van der Waals surface area contributed by atoms with Crippen molar-refractivity contribution in [3.05, 3.63) is 64.8 Å². The number of carbonyl (C=O) groups is 2. The molecule has 1 aromatic heterocycles. The average Bonchev–Trinajstić information content (AvgIpc) is 3.06. The zero-order valence-electron chi connectivity index (χ0n) is 15.6. The summed E-state index contributed by atoms with van der Waals surface area (Å²) in [5, 5.41) is 5.16. The Bertz CT molecular complexity index is 1060. The molecule has 0 saturated carbocycles. The van der Waals surface area contributed by atoms with E-state index in [1.54, 1.807) is 30.5 Å². The van der Waals surface area contributed by atoms with Gasteiger partial charge in [-0.1, -0.05) is 0 Å². The second kappa shape index (κ2) is 7.68. The molecule has 4 rings (SSSR count). The third kappa shape index (κ3) is 3.81. The summed E-state index contributed by atoms with van der Waals surface area (Å²) >= 11 is 0. The van der Waals surface area contributed by atoms with Crippen LogP contribution in [-0.4, -0.2) is 23.1 Å². The summed E-state index contributed by atoms with van der Waals surface area (Å²) < 4.78 is 4.98. The molecule has 0 aliphatic heterocycles. The molecule has 0 atom stereocenters. The molecule has 0 spiro atoms. The van der Waals surface area contributed by atoms with Crippen molar-refractivity contribution in [1.29, 1.82) is 0 Å². The van der Waals surface area contributed by atoms with Crippen LogP contribution in [0.1, 0.15) is 46.9 Å². The molecular formula is C22H21N3O3. The standard InChI is InChI=1S/C22H21N3O3/c1-14(26)28-17-9-6-15(7-10-17)13-23-25-22(27)16-8-11-21-19(12-16)18-4-2-3-5-20(18)24-21/h6-13,24H,2-5H2,1H3,(H,25,27)/b23-13-. The van der Waals surface area contributed by atoms with E-state index in [2.05, 4.69) is 15.5 Å². The molecule has 6 heteroatoms. The number of rotatable bonds is 4. The van der Waals surface area contributed by atoms with E-state index in [1.165, 1.54) is 31.0 Å². The van der Waals surface area contributed by atoms with E-state index in [1.807, 2.05) is 18.2 Å². The van der Waals surface area contributed by atoms with Crippen LogP contribution in [-0.2, 0) is 17.6 Å². The molecule has 2 aromatic carbocycles. The molecule has 1 aliphatic carbocycles. The normalized spacial score (nSPS) is 13.5. The predicted molar refractivity (Wildman–Crippen MR) is 108 cm³/mol. The number of carbonyl (C=O) groups excluding carboxylic acids is 2. The molecule has 1 aliphatic rings. The zero-order chi connectivity index (χ0) is 19.5. The van der Waals surface area contributed by atoms with Crippen LogP contribution >= 0.6 is 0 Å². The molecule has 0 fully saturated rings. The summed E-state index contributed by atoms with van der Waals surface area (Å²) in [6.07, 6.45) is 6.08. The Morgan fingerprint density at radius 3 is 2.68 bits per heavy atom. The van der Waals surface area contributed by atoms with E-state index >= 15 is 0 Å². The topological polar surface area (TPSA) is 83.5 Å². The van der Waals surface area contributed by atoms with Crippen LogP contribution in [0.2, 0.25) is 0 Å². The number of esters is 1. The number of hydrogen-bond donors (Lipinski definition) is 2. The van der Waals surface area contributed by atoms with Crippen molar-refractivity contribution in [1.82, 2.24) is 10.4 Å². The number of aromatic nitrogens is 1. The van der Waals surface area contributed by atoms with Crippen LogP contribution in [0, 0.1) is 0 Å². The summed E-state index contributed by atoms with van der Waals surface area (Å²) in [6, 6.07) is 12.6. The Hall–Kier alpha value is -3.41. The summed E-state index contributed by atoms with van der Waals surface area (Å²) in [4.78, 5) is 26.8. The maximum atomic E-state index is 12.5. The lowest BCUT2D eigenvalue weighted by Crippen LogP contribution is -2.17. The van der Waals surface area contributed by atoms with E-state index in [0.29, 0.717) is 11.3 Å². The third-order valence-electron chi connectivity index (χ3n) is 4.88. The molecule has 0 radical (unpaired) electrons. The average molecular weight is 375 g/mol. The van der Waals surface area contributed by atoms with Crippen molar-refractivity contribution in [3.63, 3.8) is 0 Å². The fraction of sp³-hybridized carbons (Fsp3) is 0.227. The van der Waals surface area contributed by atoms with Gasteiger partial charge in [0.15, 0.2) is 0 Å². The van der Waals surface area contributed by atoms with Crippen molar-refractivity contribution < 1.29 is 14.3 Å². The van der Waals surface area contributed by atoms with E-state index in [9.17, 15) is 9.59 Å². The van der Waals surface area contributed by atoms with E-state index in [0.717, 1.165) is 29.3 Å². The molecule has 2 N–H and O–H groups in total. The fourth-order valence-corrected chi connectivity index (χ4v) is 3.57. The molecule has 1 heterocycles. The highest BCUT2D eigenvalue weighted by atomic mass is 16.5. The van der Waals surface area contributed by atoms with Gasteiger partial charge in [0.25, 0.3) is 5.91 Å². The molecule has 3 aromatic rings. The van der Waals surface area contributed by atoms with Gasteiger partial charge in [-0.2, -0.15) is 5.10 Å². The highest BCUT2D eigenvalue weighted by molar-refractivity contribution is 5.99. The minimum atomic E-state index is -0.366. The van der Waals surface area contributed by atoms with Gasteiger partial charge < -0.3 is 9.72 Å². The lowest BCUT2D eigenvalue weighted by Gasteiger charge is -2.10. The lowest BCUT2D eigenvalue weighted by atomic mass is 9.95. The van der Waals surface area contributed by atoms with Gasteiger partial charge in [-0.3, -0.25) is 9.59 Å². The van der Waals surface area contributed by atoms with Gasteiger partial charge >= 0.3 is 5.97 Å². The number of aryl methyl sites for hydroxylation is 2. The number of benzene rings is 2. The smallest absolute Gasteiger partial charge is 0.308 e. The maximum absolute atomic E-state index is 12.5. The van der Waals surface area contributed by atoms with Crippen LogP contribution in [0.3, 0.4) is 0 Å². The van der Waals surface area contributed by atoms with Gasteiger partial charge in [-0.25, -0.2) is 5.43 Å². The first-order valence-electron chi connectivity index (χ1n) is 9.35. The van der Waals surface area contributed by atoms with Crippen LogP contribution in [0.4, 0.5) is 0 Å². The molecule has 142 valence electrons. The quantitative estimate of drug-likeness (QED) is 0.315. The van der Waals surface area contributed by atoms with Crippen molar-refractivity contribution in [2.75, 3.05) is 0 Å². The molecule has 0 bridgehead atoms. The van der Waals surface area contributed by atoms with Crippen LogP contribution in [0.15, 0.2) is 47.6 Å². The molecular weight excluding hydrogens is 354 g/mol. The van der Waals surface area contributed by atoms with Crippen molar-refractivity contribution in [2.45, 2.75) is 32.6 Å². The summed E-state index contributed by atoms with van der Waals surface area (Å²) in [7, 11) is 0. The number of H-pyrrole nitrogens is 1. The predicted octanol–water partition coefficient (Wildman–Crippen LogP) is 3.74. The highest BCUT2D eigenvalue weighted by Crippen LogP contribution is 2.29. The number of amides is 1. The monoisotopic (exact) mass is 375 g/mol. The van der Waals surface area contributed by atoms with Gasteiger partial charge in [0.1, 0.15) is 5.75 Å². The summed E-state index contributed by atoms with van der Waals surface area (Å²) in [5.74, 6) is -0.147. The van der Waals surface area contributed by atoms with Gasteiger partial charge in [-0.15, -0.1) is 0 Å². The Balaban J connectivity index is 1.44. The largest absolute Gasteiger partial charge is 0.427 e. The lowest BCUT2D eigenvalue weighted by molar-refractivity contribution is -0.131. The van der Waals surface area contributed by atoms with E-state index in [4.69, 9.17) is 4.74 Å². The Morgan fingerprint density at radius 2 is 1.89 bits per heavy atom. The molecule has 0 saturated heterocycles. The first-order chi connectivity index (χ1) is 13.6. The minimum Gasteiger partial charge on any atom is -0.427 e. The number of nitrogens with one attached hydrogen (secondary N) is 2. The maximum Gasteiger partial charge on any atom is 0.308 e. The fourth-order valence-electron chi connectivity index (χ4n) is 3.57. The van der Waals surface area contributed by atoms with Crippen LogP contribution < -0.4 is 10.2 Å². The van der Waals surface area contributed by atoms with Crippen molar-refractivity contribution in [3.8, 4) is 5.75 Å². The molecule has 6 nitrogen and oxygen atoms in total. The number of nitrogens with zero attached hydrogens (tertiary/aromatic N) is 1. The first kappa shape index (κ1) is 18.0. The van der Waals surface area contributed by atoms with Gasteiger partial charge in [0.2, 0.25) is 0 Å². The Morgan fingerprint density at radius 1 is 1.11 bits per heavy atom. The van der Waals surface area contributed by atoms with Crippen molar-refractivity contribution >= 4 is 29.0 Å². The SMILES string of the molecule is CC(=O)Oc1ccc(/C=N\NC(=O)c2ccc3[nH]c4c(c3c2)CCCC4)cc1. The first-order valence-corrected chi connectivity index (χ1v) is 9.35. The highest BCUT2D eigenvalue weighted by Gasteiger charge is 2.16. The summed E-state index contributed by atoms with van der Waals surface area (Å²) in [5.41, 5.74) is 7.66. The number of fused-ring (bicyclic) bond motifs is 3.